The van der Waals surface area contributed by atoms with Gasteiger partial charge in [-0.1, -0.05) is 35.6 Å². The van der Waals surface area contributed by atoms with Gasteiger partial charge in [0, 0.05) is 45.9 Å². The predicted molar refractivity (Wildman–Crippen MR) is 173 cm³/mol. The Morgan fingerprint density at radius 3 is 2.30 bits per heavy atom. The molecule has 3 aromatic carbocycles. The van der Waals surface area contributed by atoms with Crippen molar-refractivity contribution in [3.63, 3.8) is 0 Å². The molecule has 14 heteroatoms. The molecule has 2 aliphatic heterocycles. The average Bonchev–Trinajstić information content (AvgIpc) is 3.79. The highest BCUT2D eigenvalue weighted by atomic mass is 32.2. The first-order chi connectivity index (χ1) is 22.6. The number of hydrogen-bond donors (Lipinski definition) is 1. The topological polar surface area (TPSA) is 166 Å². The van der Waals surface area contributed by atoms with E-state index in [0.29, 0.717) is 28.4 Å². The predicted octanol–water partition coefficient (Wildman–Crippen LogP) is 5.82. The fraction of sp³-hybridized carbons (Fsp3) is 0.303. The van der Waals surface area contributed by atoms with Crippen molar-refractivity contribution < 1.29 is 24.2 Å². The maximum absolute atomic E-state index is 14.1. The third kappa shape index (κ3) is 4.53. The molecule has 12 nitrogen and oxygen atoms in total. The number of fused-ring (bicyclic) bond motifs is 9. The Balaban J connectivity index is 1.21. The number of nitro groups is 2. The molecule has 1 aromatic heterocycles. The lowest BCUT2D eigenvalue weighted by atomic mass is 9.68. The fourth-order valence-electron chi connectivity index (χ4n) is 8.29. The van der Waals surface area contributed by atoms with E-state index in [4.69, 9.17) is 4.74 Å². The van der Waals surface area contributed by atoms with E-state index in [2.05, 4.69) is 4.98 Å². The van der Waals surface area contributed by atoms with Gasteiger partial charge in [-0.25, -0.2) is 0 Å². The van der Waals surface area contributed by atoms with E-state index >= 15 is 0 Å². The minimum absolute atomic E-state index is 0.111. The molecule has 0 spiro atoms. The second-order valence-electron chi connectivity index (χ2n) is 12.4. The number of nitrogens with one attached hydrogen (secondary N) is 1. The first kappa shape index (κ1) is 29.6. The van der Waals surface area contributed by atoms with Crippen molar-refractivity contribution in [2.24, 2.45) is 29.6 Å². The summed E-state index contributed by atoms with van der Waals surface area (Å²) in [6, 6.07) is 17.7. The second kappa shape index (κ2) is 10.9. The van der Waals surface area contributed by atoms with Gasteiger partial charge in [0.1, 0.15) is 12.4 Å². The lowest BCUT2D eigenvalue weighted by Gasteiger charge is -2.43. The summed E-state index contributed by atoms with van der Waals surface area (Å²) in [5.74, 6) is -2.48. The van der Waals surface area contributed by atoms with Gasteiger partial charge in [-0.2, -0.15) is 0 Å². The van der Waals surface area contributed by atoms with E-state index in [9.17, 15) is 34.6 Å². The molecule has 2 amide bonds. The van der Waals surface area contributed by atoms with Crippen LogP contribution in [-0.4, -0.2) is 31.9 Å². The summed E-state index contributed by atoms with van der Waals surface area (Å²) in [5.41, 5.74) is 2.62. The summed E-state index contributed by atoms with van der Waals surface area (Å²) in [6.07, 6.45) is 0.632. The first-order valence-electron chi connectivity index (χ1n) is 15.1. The maximum atomic E-state index is 14.1. The monoisotopic (exact) mass is 670 g/mol. The van der Waals surface area contributed by atoms with Crippen LogP contribution in [0, 0.1) is 56.7 Å². The Morgan fingerprint density at radius 1 is 0.915 bits per heavy atom. The lowest BCUT2D eigenvalue weighted by molar-refractivity contribution is -0.385. The Hall–Kier alpha value is -4.82. The molecule has 5 unspecified atom stereocenters. The summed E-state index contributed by atoms with van der Waals surface area (Å²) < 4.78 is 6.38. The molecule has 238 valence electrons. The Kier molecular flexibility index (Phi) is 6.84. The zero-order valence-electron chi connectivity index (χ0n) is 24.7. The molecular weight excluding hydrogens is 645 g/mol. The zero-order valence-corrected chi connectivity index (χ0v) is 26.4. The number of non-ortho nitro benzene ring substituents is 2. The van der Waals surface area contributed by atoms with Crippen LogP contribution in [0.1, 0.15) is 33.9 Å². The number of aromatic amines is 1. The number of nitrogens with zero attached hydrogens (tertiary/aromatic N) is 3. The summed E-state index contributed by atoms with van der Waals surface area (Å²) in [4.78, 5) is 67.6. The van der Waals surface area contributed by atoms with E-state index in [0.717, 1.165) is 32.2 Å². The van der Waals surface area contributed by atoms with Crippen molar-refractivity contribution >= 4 is 52.0 Å². The van der Waals surface area contributed by atoms with Crippen LogP contribution in [-0.2, 0) is 16.2 Å². The average molecular weight is 671 g/mol. The molecule has 0 radical (unpaired) electrons. The third-order valence-corrected chi connectivity index (χ3v) is 12.8. The molecule has 3 fully saturated rings. The van der Waals surface area contributed by atoms with Crippen molar-refractivity contribution in [3.8, 4) is 5.75 Å². The number of aromatic nitrogens is 1. The number of amides is 2. The van der Waals surface area contributed by atoms with E-state index in [-0.39, 0.29) is 57.7 Å². The highest BCUT2D eigenvalue weighted by molar-refractivity contribution is 8.00. The molecule has 7 atom stereocenters. The number of rotatable bonds is 7. The van der Waals surface area contributed by atoms with Gasteiger partial charge in [0.2, 0.25) is 11.8 Å². The minimum Gasteiger partial charge on any atom is -0.489 e. The molecule has 1 saturated heterocycles. The molecule has 47 heavy (non-hydrogen) atoms. The van der Waals surface area contributed by atoms with Crippen LogP contribution in [0.4, 0.5) is 17.1 Å². The molecular formula is C33H26N4O8S2. The summed E-state index contributed by atoms with van der Waals surface area (Å²) in [6.45, 7) is 2.21. The number of benzene rings is 3. The fourth-order valence-corrected chi connectivity index (χ4v) is 11.2. The molecule has 1 N–H and O–H groups in total. The highest BCUT2D eigenvalue weighted by Gasteiger charge is 2.70. The van der Waals surface area contributed by atoms with Gasteiger partial charge in [0.25, 0.3) is 11.4 Å². The summed E-state index contributed by atoms with van der Waals surface area (Å²) in [5, 5.41) is 23.8. The van der Waals surface area contributed by atoms with Crippen LogP contribution in [0.5, 0.6) is 5.75 Å². The van der Waals surface area contributed by atoms with Gasteiger partial charge in [-0.15, -0.1) is 11.8 Å². The zero-order chi connectivity index (χ0) is 32.7. The Labute approximate surface area is 275 Å². The quantitative estimate of drug-likeness (QED) is 0.145. The number of carbonyl (C=O) groups excluding carboxylic acids is 2. The Morgan fingerprint density at radius 2 is 1.60 bits per heavy atom. The molecule has 2 aliphatic carbocycles. The number of H-pyrrole nitrogens is 1. The van der Waals surface area contributed by atoms with E-state index in [1.807, 2.05) is 31.2 Å². The number of anilines is 1. The first-order valence-corrected chi connectivity index (χ1v) is 16.8. The van der Waals surface area contributed by atoms with Crippen LogP contribution in [0.25, 0.3) is 0 Å². The van der Waals surface area contributed by atoms with Crippen LogP contribution in [0.3, 0.4) is 0 Å². The van der Waals surface area contributed by atoms with Gasteiger partial charge < -0.3 is 9.72 Å². The van der Waals surface area contributed by atoms with Gasteiger partial charge >= 0.3 is 4.87 Å². The van der Waals surface area contributed by atoms with Gasteiger partial charge in [0.05, 0.1) is 32.4 Å². The third-order valence-electron chi connectivity index (χ3n) is 10.2. The minimum atomic E-state index is -0.612. The lowest BCUT2D eigenvalue weighted by Crippen LogP contribution is -2.42. The number of aryl methyl sites for hydroxylation is 1. The van der Waals surface area contributed by atoms with Gasteiger partial charge in [0.15, 0.2) is 0 Å². The number of imide groups is 1. The maximum Gasteiger partial charge on any atom is 0.305 e. The Bertz CT molecular complexity index is 2060. The second-order valence-corrected chi connectivity index (χ2v) is 14.6. The molecule has 3 heterocycles. The van der Waals surface area contributed by atoms with Crippen molar-refractivity contribution in [2.45, 2.75) is 36.1 Å². The molecule has 8 rings (SSSR count). The summed E-state index contributed by atoms with van der Waals surface area (Å²) >= 11 is 2.58. The largest absolute Gasteiger partial charge is 0.489 e. The smallest absolute Gasteiger partial charge is 0.305 e. The molecule has 2 bridgehead atoms. The molecule has 4 aliphatic rings. The van der Waals surface area contributed by atoms with Crippen LogP contribution in [0.2, 0.25) is 0 Å². The van der Waals surface area contributed by atoms with Gasteiger partial charge in [-0.3, -0.25) is 39.5 Å². The van der Waals surface area contributed by atoms with Crippen LogP contribution >= 0.6 is 23.1 Å². The SMILES string of the molecule is Cc1ccccc1COc1ccc([N+](=O)[O-])cc1C1c2sc(=O)[nH]c2SC2C1[C@H]1C[C@@H]2C2C(=O)N(c3ccc([N+](=O)[O-])cc3)C(=O)C21. The number of nitro benzene ring substituents is 2. The van der Waals surface area contributed by atoms with Crippen molar-refractivity contribution in [1.82, 2.24) is 4.98 Å². The summed E-state index contributed by atoms with van der Waals surface area (Å²) in [7, 11) is 0. The van der Waals surface area contributed by atoms with Gasteiger partial charge in [-0.05, 0) is 60.4 Å². The number of thiazole rings is 1. The van der Waals surface area contributed by atoms with E-state index in [1.54, 1.807) is 6.07 Å². The molecule has 2 saturated carbocycles. The number of hydrogen-bond acceptors (Lipinski definition) is 10. The number of thioether (sulfide) groups is 1. The standard InChI is InChI=1S/C33H26N4O8S2/c1-15-4-2-3-5-16(15)14-45-23-11-10-19(37(43)44)12-20(23)24-25-21-13-22(28(25)46-30-29(24)47-33(40)34-30)27-26(21)31(38)35(32(27)39)17-6-8-18(9-7-17)36(41)42/h2-12,21-22,24-28H,13-14H2,1H3,(H,34,40)/t21-,22-,24?,25?,26?,27?,28?/m1/s1. The van der Waals surface area contributed by atoms with E-state index < -0.39 is 27.6 Å². The van der Waals surface area contributed by atoms with Crippen molar-refractivity contribution in [2.75, 3.05) is 4.90 Å². The van der Waals surface area contributed by atoms with E-state index in [1.165, 1.54) is 48.2 Å². The number of ether oxygens (including phenoxy) is 1. The van der Waals surface area contributed by atoms with Crippen LogP contribution in [0.15, 0.2) is 76.6 Å². The van der Waals surface area contributed by atoms with Crippen LogP contribution < -0.4 is 14.5 Å². The highest BCUT2D eigenvalue weighted by Crippen LogP contribution is 2.69. The van der Waals surface area contributed by atoms with Crippen molar-refractivity contribution in [3.05, 3.63) is 118 Å². The normalized spacial score (nSPS) is 27.0. The number of carbonyl (C=O) groups is 2. The molecule has 4 aromatic rings. The van der Waals surface area contributed by atoms with Crippen molar-refractivity contribution in [1.29, 1.82) is 0 Å².